The fourth-order valence-corrected chi connectivity index (χ4v) is 2.26. The van der Waals surface area contributed by atoms with Crippen molar-refractivity contribution in [2.45, 2.75) is 0 Å². The fraction of sp³-hybridized carbons (Fsp3) is 0. The van der Waals surface area contributed by atoms with E-state index in [0.29, 0.717) is 21.8 Å². The lowest BCUT2D eigenvalue weighted by Gasteiger charge is -1.99. The number of imidazole rings is 1. The van der Waals surface area contributed by atoms with Gasteiger partial charge in [-0.1, -0.05) is 11.6 Å². The average molecular weight is 314 g/mol. The quantitative estimate of drug-likeness (QED) is 0.745. The minimum atomic E-state index is 0.0851. The maximum atomic E-state index is 9.73. The van der Waals surface area contributed by atoms with Crippen molar-refractivity contribution in [2.24, 2.45) is 0 Å². The van der Waals surface area contributed by atoms with Crippen molar-refractivity contribution in [3.05, 3.63) is 40.3 Å². The second-order valence-electron chi connectivity index (χ2n) is 3.44. The van der Waals surface area contributed by atoms with Crippen LogP contribution in [0.4, 0.5) is 0 Å². The highest BCUT2D eigenvalue weighted by Gasteiger charge is 2.16. The van der Waals surface area contributed by atoms with Gasteiger partial charge in [-0.2, -0.15) is 0 Å². The molecule has 3 aromatic rings. The van der Waals surface area contributed by atoms with E-state index in [4.69, 9.17) is 16.0 Å². The summed E-state index contributed by atoms with van der Waals surface area (Å²) in [4.78, 5) is 4.19. The lowest BCUT2D eigenvalue weighted by molar-refractivity contribution is 0.479. The lowest BCUT2D eigenvalue weighted by atomic mass is 10.4. The largest absolute Gasteiger partial charge is 0.506 e. The topological polar surface area (TPSA) is 50.7 Å². The monoisotopic (exact) mass is 312 g/mol. The van der Waals surface area contributed by atoms with Crippen molar-refractivity contribution in [1.82, 2.24) is 9.38 Å². The Kier molecular flexibility index (Phi) is 2.38. The Bertz CT molecular complexity index is 705. The molecule has 86 valence electrons. The van der Waals surface area contributed by atoms with Crippen molar-refractivity contribution in [2.75, 3.05) is 0 Å². The summed E-state index contributed by atoms with van der Waals surface area (Å²) < 4.78 is 7.72. The van der Waals surface area contributed by atoms with Crippen molar-refractivity contribution >= 4 is 33.0 Å². The summed E-state index contributed by atoms with van der Waals surface area (Å²) in [5, 5.41) is 9.97. The average Bonchev–Trinajstić information content (AvgIpc) is 2.84. The van der Waals surface area contributed by atoms with Crippen LogP contribution in [0.25, 0.3) is 17.1 Å². The number of rotatable bonds is 1. The highest BCUT2D eigenvalue weighted by atomic mass is 79.9. The van der Waals surface area contributed by atoms with Crippen LogP contribution in [-0.4, -0.2) is 14.5 Å². The lowest BCUT2D eigenvalue weighted by Crippen LogP contribution is -1.87. The molecule has 17 heavy (non-hydrogen) atoms. The Morgan fingerprint density at radius 3 is 2.88 bits per heavy atom. The van der Waals surface area contributed by atoms with Crippen LogP contribution >= 0.6 is 27.5 Å². The van der Waals surface area contributed by atoms with Crippen LogP contribution in [0.2, 0.25) is 5.15 Å². The van der Waals surface area contributed by atoms with E-state index in [1.165, 1.54) is 0 Å². The molecule has 0 spiro atoms. The van der Waals surface area contributed by atoms with Crippen LogP contribution in [0.3, 0.4) is 0 Å². The van der Waals surface area contributed by atoms with E-state index in [0.717, 1.165) is 0 Å². The van der Waals surface area contributed by atoms with Crippen LogP contribution < -0.4 is 0 Å². The number of hydrogen-bond donors (Lipinski definition) is 1. The Morgan fingerprint density at radius 2 is 2.18 bits per heavy atom. The van der Waals surface area contributed by atoms with E-state index in [1.54, 1.807) is 34.9 Å². The van der Waals surface area contributed by atoms with E-state index in [9.17, 15) is 5.11 Å². The van der Waals surface area contributed by atoms with Gasteiger partial charge in [-0.25, -0.2) is 4.98 Å². The van der Waals surface area contributed by atoms with E-state index in [2.05, 4.69) is 20.9 Å². The molecule has 0 bridgehead atoms. The summed E-state index contributed by atoms with van der Waals surface area (Å²) in [6.45, 7) is 0. The SMILES string of the molecule is Oc1cccn2c(-c3ccc(Br)o3)nc(Cl)c12. The molecule has 0 aliphatic rings. The number of pyridine rings is 1. The van der Waals surface area contributed by atoms with Gasteiger partial charge >= 0.3 is 0 Å². The van der Waals surface area contributed by atoms with Crippen LogP contribution in [0, 0.1) is 0 Å². The van der Waals surface area contributed by atoms with Gasteiger partial charge in [0.15, 0.2) is 21.4 Å². The maximum absolute atomic E-state index is 9.73. The zero-order valence-electron chi connectivity index (χ0n) is 8.39. The number of halogens is 2. The second kappa shape index (κ2) is 3.78. The minimum Gasteiger partial charge on any atom is -0.506 e. The Labute approximate surface area is 110 Å². The third kappa shape index (κ3) is 1.62. The molecule has 0 aromatic carbocycles. The van der Waals surface area contributed by atoms with E-state index >= 15 is 0 Å². The molecule has 0 unspecified atom stereocenters. The van der Waals surface area contributed by atoms with E-state index < -0.39 is 0 Å². The molecule has 0 fully saturated rings. The standard InChI is InChI=1S/C11H6BrClN2O2/c12-8-4-3-7(17-8)11-14-10(13)9-6(16)2-1-5-15(9)11/h1-5,16H. The fourth-order valence-electron chi connectivity index (χ4n) is 1.69. The molecule has 0 saturated heterocycles. The van der Waals surface area contributed by atoms with Gasteiger partial charge < -0.3 is 9.52 Å². The Morgan fingerprint density at radius 1 is 1.35 bits per heavy atom. The zero-order chi connectivity index (χ0) is 12.0. The molecule has 0 atom stereocenters. The van der Waals surface area contributed by atoms with Gasteiger partial charge in [-0.3, -0.25) is 4.40 Å². The van der Waals surface area contributed by atoms with Gasteiger partial charge in [-0.05, 0) is 40.2 Å². The van der Waals surface area contributed by atoms with Crippen molar-refractivity contribution in [3.63, 3.8) is 0 Å². The number of aromatic nitrogens is 2. The molecule has 0 radical (unpaired) electrons. The summed E-state index contributed by atoms with van der Waals surface area (Å²) in [5.74, 6) is 1.21. The first-order valence-electron chi connectivity index (χ1n) is 4.78. The van der Waals surface area contributed by atoms with Gasteiger partial charge in [0.25, 0.3) is 0 Å². The van der Waals surface area contributed by atoms with Crippen LogP contribution in [-0.2, 0) is 0 Å². The van der Waals surface area contributed by atoms with Gasteiger partial charge in [-0.15, -0.1) is 0 Å². The highest BCUT2D eigenvalue weighted by molar-refractivity contribution is 9.10. The van der Waals surface area contributed by atoms with Gasteiger partial charge in [0.2, 0.25) is 0 Å². The van der Waals surface area contributed by atoms with Crippen LogP contribution in [0.5, 0.6) is 5.75 Å². The Hall–Kier alpha value is -1.46. The molecule has 0 amide bonds. The number of fused-ring (bicyclic) bond motifs is 1. The van der Waals surface area contributed by atoms with Crippen LogP contribution in [0.15, 0.2) is 39.5 Å². The van der Waals surface area contributed by atoms with Crippen molar-refractivity contribution < 1.29 is 9.52 Å². The number of nitrogens with zero attached hydrogens (tertiary/aromatic N) is 2. The third-order valence-electron chi connectivity index (χ3n) is 2.39. The molecular weight excluding hydrogens is 307 g/mol. The second-order valence-corrected chi connectivity index (χ2v) is 4.58. The number of hydrogen-bond acceptors (Lipinski definition) is 3. The normalized spacial score (nSPS) is 11.2. The number of aromatic hydroxyl groups is 1. The van der Waals surface area contributed by atoms with Crippen molar-refractivity contribution in [1.29, 1.82) is 0 Å². The molecule has 3 aromatic heterocycles. The molecule has 6 heteroatoms. The third-order valence-corrected chi connectivity index (χ3v) is 3.08. The summed E-state index contributed by atoms with van der Waals surface area (Å²) in [6, 6.07) is 6.82. The maximum Gasteiger partial charge on any atom is 0.182 e. The first-order valence-corrected chi connectivity index (χ1v) is 5.95. The van der Waals surface area contributed by atoms with Gasteiger partial charge in [0.05, 0.1) is 0 Å². The summed E-state index contributed by atoms with van der Waals surface area (Å²) in [7, 11) is 0. The zero-order valence-corrected chi connectivity index (χ0v) is 10.7. The summed E-state index contributed by atoms with van der Waals surface area (Å²) >= 11 is 9.22. The molecule has 3 rings (SSSR count). The minimum absolute atomic E-state index is 0.0851. The number of furan rings is 1. The molecule has 0 saturated carbocycles. The smallest absolute Gasteiger partial charge is 0.182 e. The van der Waals surface area contributed by atoms with Crippen LogP contribution in [0.1, 0.15) is 0 Å². The molecule has 0 aliphatic heterocycles. The van der Waals surface area contributed by atoms with E-state index in [1.807, 2.05) is 0 Å². The summed E-state index contributed by atoms with van der Waals surface area (Å²) in [5.41, 5.74) is 0.469. The first kappa shape index (κ1) is 10.7. The highest BCUT2D eigenvalue weighted by Crippen LogP contribution is 2.32. The van der Waals surface area contributed by atoms with Crippen molar-refractivity contribution in [3.8, 4) is 17.3 Å². The van der Waals surface area contributed by atoms with Gasteiger partial charge in [0, 0.05) is 6.20 Å². The predicted octanol–water partition coefficient (Wildman–Crippen LogP) is 3.72. The van der Waals surface area contributed by atoms with E-state index in [-0.39, 0.29) is 10.9 Å². The first-order chi connectivity index (χ1) is 8.16. The predicted molar refractivity (Wildman–Crippen MR) is 67.3 cm³/mol. The molecule has 0 aliphatic carbocycles. The molecule has 1 N–H and O–H groups in total. The Balaban J connectivity index is 2.35. The summed E-state index contributed by atoms with van der Waals surface area (Å²) in [6.07, 6.45) is 1.76. The molecule has 3 heterocycles. The molecular formula is C11H6BrClN2O2. The molecule has 4 nitrogen and oxygen atoms in total. The van der Waals surface area contributed by atoms with Gasteiger partial charge in [0.1, 0.15) is 11.3 Å².